The van der Waals surface area contributed by atoms with Crippen LogP contribution in [0.4, 0.5) is 0 Å². The van der Waals surface area contributed by atoms with Crippen molar-refractivity contribution in [3.63, 3.8) is 0 Å². The second kappa shape index (κ2) is 6.48. The summed E-state index contributed by atoms with van der Waals surface area (Å²) in [5, 5.41) is 2.67. The zero-order chi connectivity index (χ0) is 17.4. The number of ether oxygens (including phenoxy) is 1. The van der Waals surface area contributed by atoms with E-state index in [1.807, 2.05) is 6.07 Å². The summed E-state index contributed by atoms with van der Waals surface area (Å²) in [7, 11) is -3.10. The van der Waals surface area contributed by atoms with Gasteiger partial charge in [-0.3, -0.25) is 4.79 Å². The Morgan fingerprint density at radius 1 is 1.33 bits per heavy atom. The first-order valence-corrected chi connectivity index (χ1v) is 10.7. The Labute approximate surface area is 145 Å². The van der Waals surface area contributed by atoms with Gasteiger partial charge in [0.1, 0.15) is 4.88 Å². The van der Waals surface area contributed by atoms with Crippen LogP contribution >= 0.6 is 11.3 Å². The molecule has 8 heteroatoms. The molecule has 6 nitrogen and oxygen atoms in total. The van der Waals surface area contributed by atoms with Crippen LogP contribution in [0.2, 0.25) is 0 Å². The first-order chi connectivity index (χ1) is 11.3. The lowest BCUT2D eigenvalue weighted by Crippen LogP contribution is -2.48. The smallest absolute Gasteiger partial charge is 0.348 e. The topological polar surface area (TPSA) is 89.5 Å². The molecule has 1 aliphatic heterocycles. The van der Waals surface area contributed by atoms with Crippen molar-refractivity contribution in [2.24, 2.45) is 0 Å². The SMILES string of the molecule is C[C@@]1(NC(=O)COC(=O)c2cc3c(s2)CCCC3)CCS(=O)(=O)C1. The van der Waals surface area contributed by atoms with E-state index in [-0.39, 0.29) is 11.5 Å². The fraction of sp³-hybridized carbons (Fsp3) is 0.625. The number of thiophene rings is 1. The van der Waals surface area contributed by atoms with E-state index >= 15 is 0 Å². The minimum Gasteiger partial charge on any atom is -0.451 e. The van der Waals surface area contributed by atoms with E-state index < -0.39 is 33.9 Å². The van der Waals surface area contributed by atoms with Crippen LogP contribution in [0.3, 0.4) is 0 Å². The first kappa shape index (κ1) is 17.4. The molecule has 24 heavy (non-hydrogen) atoms. The van der Waals surface area contributed by atoms with Crippen molar-refractivity contribution in [3.8, 4) is 0 Å². The molecular weight excluding hydrogens is 350 g/mol. The van der Waals surface area contributed by atoms with E-state index in [0.29, 0.717) is 11.3 Å². The van der Waals surface area contributed by atoms with Crippen molar-refractivity contribution in [2.45, 2.75) is 44.6 Å². The largest absolute Gasteiger partial charge is 0.451 e. The Morgan fingerprint density at radius 3 is 2.75 bits per heavy atom. The van der Waals surface area contributed by atoms with Crippen LogP contribution in [-0.4, -0.2) is 43.9 Å². The number of fused-ring (bicyclic) bond motifs is 1. The van der Waals surface area contributed by atoms with E-state index in [4.69, 9.17) is 4.74 Å². The summed E-state index contributed by atoms with van der Waals surface area (Å²) in [6.45, 7) is 1.31. The summed E-state index contributed by atoms with van der Waals surface area (Å²) < 4.78 is 28.2. The molecular formula is C16H21NO5S2. The normalized spacial score (nSPS) is 25.0. The molecule has 0 bridgehead atoms. The van der Waals surface area contributed by atoms with Gasteiger partial charge in [0.15, 0.2) is 16.4 Å². The molecule has 1 aliphatic carbocycles. The highest BCUT2D eigenvalue weighted by Crippen LogP contribution is 2.30. The van der Waals surface area contributed by atoms with E-state index in [0.717, 1.165) is 25.7 Å². The average molecular weight is 371 g/mol. The van der Waals surface area contributed by atoms with Gasteiger partial charge in [-0.2, -0.15) is 0 Å². The number of sulfone groups is 1. The van der Waals surface area contributed by atoms with Gasteiger partial charge in [-0.05, 0) is 50.7 Å². The molecule has 1 N–H and O–H groups in total. The predicted molar refractivity (Wildman–Crippen MR) is 91.1 cm³/mol. The highest BCUT2D eigenvalue weighted by Gasteiger charge is 2.39. The molecule has 1 atom stereocenters. The fourth-order valence-corrected chi connectivity index (χ4v) is 6.52. The molecule has 1 amide bonds. The monoisotopic (exact) mass is 371 g/mol. The Hall–Kier alpha value is -1.41. The third kappa shape index (κ3) is 3.97. The highest BCUT2D eigenvalue weighted by atomic mass is 32.2. The minimum absolute atomic E-state index is 0.0721. The molecule has 0 aromatic carbocycles. The maximum absolute atomic E-state index is 12.1. The Morgan fingerprint density at radius 2 is 2.08 bits per heavy atom. The second-order valence-electron chi connectivity index (χ2n) is 6.79. The number of hydrogen-bond acceptors (Lipinski definition) is 6. The van der Waals surface area contributed by atoms with E-state index in [1.165, 1.54) is 21.8 Å². The van der Waals surface area contributed by atoms with Gasteiger partial charge >= 0.3 is 5.97 Å². The van der Waals surface area contributed by atoms with Gasteiger partial charge in [0.2, 0.25) is 0 Å². The van der Waals surface area contributed by atoms with Gasteiger partial charge in [-0.25, -0.2) is 13.2 Å². The van der Waals surface area contributed by atoms with Crippen molar-refractivity contribution < 1.29 is 22.7 Å². The number of aryl methyl sites for hydroxylation is 2. The number of esters is 1. The van der Waals surface area contributed by atoms with Crippen LogP contribution in [0.15, 0.2) is 6.07 Å². The van der Waals surface area contributed by atoms with Gasteiger partial charge in [0, 0.05) is 4.88 Å². The van der Waals surface area contributed by atoms with Crippen LogP contribution in [0.1, 0.15) is 46.3 Å². The van der Waals surface area contributed by atoms with Crippen LogP contribution in [-0.2, 0) is 32.2 Å². The highest BCUT2D eigenvalue weighted by molar-refractivity contribution is 7.91. The number of nitrogens with one attached hydrogen (secondary N) is 1. The minimum atomic E-state index is -3.10. The molecule has 0 saturated carbocycles. The molecule has 2 heterocycles. The summed E-state index contributed by atoms with van der Waals surface area (Å²) in [5.41, 5.74) is 0.441. The zero-order valence-electron chi connectivity index (χ0n) is 13.6. The van der Waals surface area contributed by atoms with Crippen molar-refractivity contribution >= 4 is 33.1 Å². The molecule has 0 spiro atoms. The fourth-order valence-electron chi connectivity index (χ4n) is 3.28. The molecule has 3 rings (SSSR count). The third-order valence-electron chi connectivity index (χ3n) is 4.48. The third-order valence-corrected chi connectivity index (χ3v) is 7.60. The van der Waals surface area contributed by atoms with E-state index in [1.54, 1.807) is 6.92 Å². The number of amides is 1. The molecule has 0 unspecified atom stereocenters. The molecule has 1 saturated heterocycles. The summed E-state index contributed by atoms with van der Waals surface area (Å²) in [5.74, 6) is -0.959. The van der Waals surface area contributed by atoms with Crippen LogP contribution in [0, 0.1) is 0 Å². The van der Waals surface area contributed by atoms with Gasteiger partial charge in [-0.15, -0.1) is 11.3 Å². The standard InChI is InChI=1S/C16H21NO5S2/c1-16(6-7-24(20,21)10-16)17-14(18)9-22-15(19)13-8-11-4-2-3-5-12(11)23-13/h8H,2-7,9-10H2,1H3,(H,17,18)/t16-/m1/s1. The Balaban J connectivity index is 1.53. The molecule has 2 aliphatic rings. The van der Waals surface area contributed by atoms with Crippen molar-refractivity contribution in [1.82, 2.24) is 5.32 Å². The van der Waals surface area contributed by atoms with Gasteiger partial charge in [0.25, 0.3) is 5.91 Å². The van der Waals surface area contributed by atoms with E-state index in [9.17, 15) is 18.0 Å². The van der Waals surface area contributed by atoms with Crippen LogP contribution in [0.25, 0.3) is 0 Å². The quantitative estimate of drug-likeness (QED) is 0.810. The Bertz CT molecular complexity index is 744. The van der Waals surface area contributed by atoms with Crippen LogP contribution in [0.5, 0.6) is 0 Å². The maximum atomic E-state index is 12.1. The lowest BCUT2D eigenvalue weighted by atomic mass is 9.99. The van der Waals surface area contributed by atoms with E-state index in [2.05, 4.69) is 5.32 Å². The van der Waals surface area contributed by atoms with Gasteiger partial charge in [-0.1, -0.05) is 0 Å². The second-order valence-corrected chi connectivity index (χ2v) is 10.1. The number of rotatable bonds is 4. The molecule has 1 fully saturated rings. The predicted octanol–water partition coefficient (Wildman–Crippen LogP) is 1.48. The maximum Gasteiger partial charge on any atom is 0.348 e. The molecule has 132 valence electrons. The first-order valence-electron chi connectivity index (χ1n) is 8.07. The van der Waals surface area contributed by atoms with Crippen molar-refractivity contribution in [1.29, 1.82) is 0 Å². The lowest BCUT2D eigenvalue weighted by molar-refractivity contribution is -0.125. The average Bonchev–Trinajstić information content (AvgIpc) is 3.05. The Kier molecular flexibility index (Phi) is 4.70. The van der Waals surface area contributed by atoms with Gasteiger partial charge in [0.05, 0.1) is 17.0 Å². The van der Waals surface area contributed by atoms with Crippen LogP contribution < -0.4 is 5.32 Å². The zero-order valence-corrected chi connectivity index (χ0v) is 15.2. The number of carbonyl (C=O) groups excluding carboxylic acids is 2. The molecule has 1 aromatic heterocycles. The molecule has 0 radical (unpaired) electrons. The summed E-state index contributed by atoms with van der Waals surface area (Å²) in [6, 6.07) is 1.87. The summed E-state index contributed by atoms with van der Waals surface area (Å²) in [6.07, 6.45) is 4.66. The summed E-state index contributed by atoms with van der Waals surface area (Å²) >= 11 is 1.44. The van der Waals surface area contributed by atoms with Gasteiger partial charge < -0.3 is 10.1 Å². The summed E-state index contributed by atoms with van der Waals surface area (Å²) in [4.78, 5) is 25.8. The number of carbonyl (C=O) groups is 2. The number of hydrogen-bond donors (Lipinski definition) is 1. The van der Waals surface area contributed by atoms with Crippen molar-refractivity contribution in [3.05, 3.63) is 21.4 Å². The van der Waals surface area contributed by atoms with Crippen molar-refractivity contribution in [2.75, 3.05) is 18.1 Å². The lowest BCUT2D eigenvalue weighted by Gasteiger charge is -2.23. The molecule has 1 aromatic rings.